The second-order valence-electron chi connectivity index (χ2n) is 10.5. The monoisotopic (exact) mass is 652 g/mol. The van der Waals surface area contributed by atoms with E-state index in [0.717, 1.165) is 16.3 Å². The molecule has 2 aromatic carbocycles. The largest absolute Gasteiger partial charge is 0.462 e. The van der Waals surface area contributed by atoms with Gasteiger partial charge in [0.05, 0.1) is 19.0 Å². The van der Waals surface area contributed by atoms with Gasteiger partial charge in [-0.15, -0.1) is 0 Å². The number of nitrogens with one attached hydrogen (secondary N) is 1. The van der Waals surface area contributed by atoms with Crippen LogP contribution in [0.2, 0.25) is 0 Å². The zero-order valence-electron chi connectivity index (χ0n) is 23.8. The number of aliphatic hydroxyl groups excluding tert-OH is 2. The van der Waals surface area contributed by atoms with Gasteiger partial charge in [-0.25, -0.2) is 28.8 Å². The first-order valence-corrected chi connectivity index (χ1v) is 16.1. The molecular weight excluding hydrogens is 621 g/mol. The van der Waals surface area contributed by atoms with Crippen molar-refractivity contribution in [3.63, 3.8) is 0 Å². The van der Waals surface area contributed by atoms with Gasteiger partial charge in [-0.2, -0.15) is 0 Å². The number of halogens is 2. The second kappa shape index (κ2) is 12.6. The standard InChI is InChI=1S/C27H31F2N6O7PS/c1-14(2)40-25(38)15(3)34-43(44,42-18-10-6-8-16-7-4-5-9-17(16)18)39-11-27(26(28)29)21(37)20(36)24(41-27)35-13-33-19-22(30)31-12-32-23(19)35/h4-10,12-15,20-21,24,26,36-37H,11H2,1-3H3,(H,34,44)(H2,30,31,32)/t15-,20+,21-,24+,27+,43?/m0/s1. The van der Waals surface area contributed by atoms with Gasteiger partial charge in [0.1, 0.15) is 35.8 Å². The quantitative estimate of drug-likeness (QED) is 0.138. The summed E-state index contributed by atoms with van der Waals surface area (Å²) >= 11 is 5.74. The number of alkyl halides is 2. The number of esters is 1. The minimum absolute atomic E-state index is 0.0210. The number of hydrogen-bond acceptors (Lipinski definition) is 12. The van der Waals surface area contributed by atoms with Crippen LogP contribution in [0.5, 0.6) is 5.75 Å². The number of hydrogen-bond donors (Lipinski definition) is 4. The van der Waals surface area contributed by atoms with Gasteiger partial charge in [0, 0.05) is 5.39 Å². The van der Waals surface area contributed by atoms with Gasteiger partial charge in [-0.1, -0.05) is 36.4 Å². The summed E-state index contributed by atoms with van der Waals surface area (Å²) in [5.74, 6) is -0.390. The highest BCUT2D eigenvalue weighted by Gasteiger charge is 2.61. The number of nitrogens with zero attached hydrogens (tertiary/aromatic N) is 4. The van der Waals surface area contributed by atoms with Crippen LogP contribution in [0.4, 0.5) is 14.6 Å². The summed E-state index contributed by atoms with van der Waals surface area (Å²) in [4.78, 5) is 24.6. The highest BCUT2D eigenvalue weighted by Crippen LogP contribution is 2.50. The first-order valence-electron chi connectivity index (χ1n) is 13.5. The van der Waals surface area contributed by atoms with E-state index in [1.165, 1.54) is 13.3 Å². The fourth-order valence-electron chi connectivity index (χ4n) is 4.75. The van der Waals surface area contributed by atoms with Gasteiger partial charge in [0.15, 0.2) is 23.3 Å². The van der Waals surface area contributed by atoms with Gasteiger partial charge >= 0.3 is 12.6 Å². The van der Waals surface area contributed by atoms with E-state index in [0.29, 0.717) is 5.39 Å². The Hall–Kier alpha value is -3.37. The molecule has 0 bridgehead atoms. The highest BCUT2D eigenvalue weighted by molar-refractivity contribution is 8.09. The van der Waals surface area contributed by atoms with E-state index >= 15 is 0 Å². The van der Waals surface area contributed by atoms with Crippen molar-refractivity contribution in [2.24, 2.45) is 0 Å². The van der Waals surface area contributed by atoms with Crippen LogP contribution in [0.15, 0.2) is 55.1 Å². The molecule has 1 saturated heterocycles. The topological polar surface area (TPSA) is 176 Å². The maximum Gasteiger partial charge on any atom is 0.323 e. The number of nitrogen functional groups attached to an aromatic ring is 1. The molecular formula is C27H31F2N6O7PS. The van der Waals surface area contributed by atoms with Gasteiger partial charge in [-0.3, -0.25) is 9.36 Å². The number of benzene rings is 2. The molecule has 1 unspecified atom stereocenters. The predicted octanol–water partition coefficient (Wildman–Crippen LogP) is 3.07. The number of fused-ring (bicyclic) bond motifs is 2. The number of nitrogens with two attached hydrogens (primary N) is 1. The van der Waals surface area contributed by atoms with E-state index in [4.69, 9.17) is 36.1 Å². The lowest BCUT2D eigenvalue weighted by molar-refractivity contribution is -0.191. The molecule has 0 spiro atoms. The van der Waals surface area contributed by atoms with E-state index in [-0.39, 0.29) is 22.7 Å². The molecule has 6 atom stereocenters. The third-order valence-corrected chi connectivity index (χ3v) is 9.44. The van der Waals surface area contributed by atoms with Crippen LogP contribution < -0.4 is 15.3 Å². The SMILES string of the molecule is CC(C)OC(=O)[C@H](C)NP(=S)(OC[C@@]1(C(F)F)O[C@@H](n2cnc3c(N)ncnc32)[C@H](O)[C@@H]1O)Oc1cccc2ccccc12. The van der Waals surface area contributed by atoms with Crippen LogP contribution in [0.1, 0.15) is 27.0 Å². The molecule has 3 heterocycles. The average Bonchev–Trinajstić information content (AvgIpc) is 3.52. The Morgan fingerprint density at radius 1 is 1.18 bits per heavy atom. The van der Waals surface area contributed by atoms with Gasteiger partial charge in [-0.05, 0) is 44.0 Å². The van der Waals surface area contributed by atoms with Crippen molar-refractivity contribution in [2.75, 3.05) is 12.3 Å². The molecule has 0 saturated carbocycles. The summed E-state index contributed by atoms with van der Waals surface area (Å²) in [5, 5.41) is 26.2. The molecule has 1 aliphatic heterocycles. The minimum atomic E-state index is -3.89. The molecule has 5 N–H and O–H groups in total. The fraction of sp³-hybridized carbons (Fsp3) is 0.407. The van der Waals surface area contributed by atoms with Crippen molar-refractivity contribution < 1.29 is 42.3 Å². The van der Waals surface area contributed by atoms with Crippen LogP contribution >= 0.6 is 6.64 Å². The summed E-state index contributed by atoms with van der Waals surface area (Å²) in [5.41, 5.74) is 3.28. The zero-order valence-corrected chi connectivity index (χ0v) is 25.5. The Kier molecular flexibility index (Phi) is 9.14. The molecule has 2 aromatic heterocycles. The number of imidazole rings is 1. The smallest absolute Gasteiger partial charge is 0.323 e. The lowest BCUT2D eigenvalue weighted by Gasteiger charge is -2.34. The molecule has 1 fully saturated rings. The molecule has 17 heteroatoms. The van der Waals surface area contributed by atoms with Crippen molar-refractivity contribution in [3.8, 4) is 5.75 Å². The average molecular weight is 653 g/mol. The van der Waals surface area contributed by atoms with E-state index in [1.54, 1.807) is 38.1 Å². The van der Waals surface area contributed by atoms with Crippen LogP contribution in [0.25, 0.3) is 21.9 Å². The first kappa shape index (κ1) is 32.0. The predicted molar refractivity (Wildman–Crippen MR) is 159 cm³/mol. The molecule has 4 aromatic rings. The highest BCUT2D eigenvalue weighted by atomic mass is 32.5. The first-order chi connectivity index (χ1) is 20.8. The van der Waals surface area contributed by atoms with Crippen molar-refractivity contribution >= 4 is 52.2 Å². The van der Waals surface area contributed by atoms with E-state index < -0.39 is 61.8 Å². The van der Waals surface area contributed by atoms with Crippen molar-refractivity contribution in [2.45, 2.75) is 63.4 Å². The molecule has 5 rings (SSSR count). The maximum atomic E-state index is 14.9. The third kappa shape index (κ3) is 6.11. The molecule has 0 radical (unpaired) electrons. The van der Waals surface area contributed by atoms with E-state index in [1.807, 2.05) is 18.2 Å². The zero-order chi connectivity index (χ0) is 31.8. The maximum absolute atomic E-state index is 14.9. The molecule has 0 aliphatic carbocycles. The number of ether oxygens (including phenoxy) is 2. The number of carbonyl (C=O) groups excluding carboxylic acids is 1. The van der Waals surface area contributed by atoms with Crippen molar-refractivity contribution in [3.05, 3.63) is 55.1 Å². The minimum Gasteiger partial charge on any atom is -0.462 e. The fourth-order valence-corrected chi connectivity index (χ4v) is 7.18. The van der Waals surface area contributed by atoms with Crippen LogP contribution in [-0.4, -0.2) is 78.7 Å². The normalized spacial score (nSPS) is 24.2. The summed E-state index contributed by atoms with van der Waals surface area (Å²) in [7, 11) is 0. The Balaban J connectivity index is 1.47. The number of aliphatic hydroxyl groups is 2. The Morgan fingerprint density at radius 3 is 2.64 bits per heavy atom. The number of aromatic nitrogens is 4. The summed E-state index contributed by atoms with van der Waals surface area (Å²) in [6.07, 6.45) is -7.10. The number of anilines is 1. The summed E-state index contributed by atoms with van der Waals surface area (Å²) in [6.45, 7) is -0.127. The summed E-state index contributed by atoms with van der Waals surface area (Å²) in [6, 6.07) is 11.3. The second-order valence-corrected chi connectivity index (χ2v) is 13.6. The molecule has 13 nitrogen and oxygen atoms in total. The Morgan fingerprint density at radius 2 is 1.91 bits per heavy atom. The Labute approximate surface area is 255 Å². The van der Waals surface area contributed by atoms with Gasteiger partial charge in [0.2, 0.25) is 0 Å². The van der Waals surface area contributed by atoms with Gasteiger partial charge in [0.25, 0.3) is 6.43 Å². The Bertz CT molecular complexity index is 1710. The van der Waals surface area contributed by atoms with Crippen molar-refractivity contribution in [1.29, 1.82) is 0 Å². The van der Waals surface area contributed by atoms with Crippen LogP contribution in [-0.2, 0) is 30.6 Å². The van der Waals surface area contributed by atoms with Gasteiger partial charge < -0.3 is 34.5 Å². The number of carbonyl (C=O) groups is 1. The lowest BCUT2D eigenvalue weighted by atomic mass is 9.96. The van der Waals surface area contributed by atoms with E-state index in [2.05, 4.69) is 20.0 Å². The number of rotatable bonds is 11. The molecule has 1 aliphatic rings. The molecule has 0 amide bonds. The summed E-state index contributed by atoms with van der Waals surface area (Å²) < 4.78 is 53.9. The lowest BCUT2D eigenvalue weighted by Crippen LogP contribution is -2.53. The molecule has 44 heavy (non-hydrogen) atoms. The third-order valence-electron chi connectivity index (χ3n) is 6.97. The van der Waals surface area contributed by atoms with Crippen LogP contribution in [0.3, 0.4) is 0 Å². The van der Waals surface area contributed by atoms with E-state index in [9.17, 15) is 23.8 Å². The molecule has 236 valence electrons. The van der Waals surface area contributed by atoms with Crippen LogP contribution in [0, 0.1) is 0 Å². The van der Waals surface area contributed by atoms with Crippen molar-refractivity contribution in [1.82, 2.24) is 24.6 Å².